The van der Waals surface area contributed by atoms with E-state index in [0.29, 0.717) is 38.8 Å². The molecule has 0 spiro atoms. The number of rotatable bonds is 13. The van der Waals surface area contributed by atoms with E-state index in [2.05, 4.69) is 25.7 Å². The number of unbranched alkanes of at least 4 members (excludes halogenated alkanes) is 1. The lowest BCUT2D eigenvalue weighted by Crippen LogP contribution is -2.39. The SMILES string of the molecule is CCCCOCCOCCN(C)C(=O)CN(C)CC(C)C. The highest BCUT2D eigenvalue weighted by Crippen LogP contribution is 1.97. The van der Waals surface area contributed by atoms with Crippen LogP contribution in [0.4, 0.5) is 0 Å². The third kappa shape index (κ3) is 12.8. The number of hydrogen-bond donors (Lipinski definition) is 0. The molecule has 0 unspecified atom stereocenters. The van der Waals surface area contributed by atoms with Crippen LogP contribution in [0.5, 0.6) is 0 Å². The third-order valence-electron chi connectivity index (χ3n) is 3.09. The Morgan fingerprint density at radius 3 is 2.24 bits per heavy atom. The summed E-state index contributed by atoms with van der Waals surface area (Å²) in [6.45, 7) is 11.1. The number of amides is 1. The Bertz CT molecular complexity index is 260. The molecule has 0 aromatic rings. The lowest BCUT2D eigenvalue weighted by molar-refractivity contribution is -0.131. The quantitative estimate of drug-likeness (QED) is 0.487. The van der Waals surface area contributed by atoms with Gasteiger partial charge in [-0.3, -0.25) is 9.69 Å². The summed E-state index contributed by atoms with van der Waals surface area (Å²) in [6.07, 6.45) is 2.25. The van der Waals surface area contributed by atoms with Crippen LogP contribution >= 0.6 is 0 Å². The maximum Gasteiger partial charge on any atom is 0.236 e. The van der Waals surface area contributed by atoms with Crippen LogP contribution in [-0.4, -0.2) is 75.9 Å². The van der Waals surface area contributed by atoms with Gasteiger partial charge in [-0.1, -0.05) is 27.2 Å². The van der Waals surface area contributed by atoms with Crippen LogP contribution in [0.25, 0.3) is 0 Å². The minimum Gasteiger partial charge on any atom is -0.379 e. The molecule has 0 heterocycles. The van der Waals surface area contributed by atoms with Crippen molar-refractivity contribution in [1.82, 2.24) is 9.80 Å². The van der Waals surface area contributed by atoms with E-state index in [0.717, 1.165) is 26.0 Å². The Hall–Kier alpha value is -0.650. The van der Waals surface area contributed by atoms with Gasteiger partial charge in [-0.05, 0) is 19.4 Å². The van der Waals surface area contributed by atoms with Crippen LogP contribution < -0.4 is 0 Å². The highest BCUT2D eigenvalue weighted by Gasteiger charge is 2.12. The Kier molecular flexibility index (Phi) is 12.6. The van der Waals surface area contributed by atoms with Crippen LogP contribution in [0.3, 0.4) is 0 Å². The van der Waals surface area contributed by atoms with Crippen molar-refractivity contribution in [2.24, 2.45) is 5.92 Å². The maximum absolute atomic E-state index is 12.0. The second kappa shape index (κ2) is 13.0. The zero-order valence-corrected chi connectivity index (χ0v) is 14.6. The molecule has 0 saturated heterocycles. The van der Waals surface area contributed by atoms with Crippen LogP contribution in [0, 0.1) is 5.92 Å². The fraction of sp³-hybridized carbons (Fsp3) is 0.938. The molecule has 0 aromatic heterocycles. The predicted octanol–water partition coefficient (Wildman–Crippen LogP) is 1.87. The molecule has 0 saturated carbocycles. The maximum atomic E-state index is 12.0. The van der Waals surface area contributed by atoms with Gasteiger partial charge in [0.2, 0.25) is 5.91 Å². The molecule has 5 heteroatoms. The normalized spacial score (nSPS) is 11.4. The first kappa shape index (κ1) is 20.3. The predicted molar refractivity (Wildman–Crippen MR) is 86.5 cm³/mol. The molecule has 1 amide bonds. The summed E-state index contributed by atoms with van der Waals surface area (Å²) in [6, 6.07) is 0. The van der Waals surface area contributed by atoms with Gasteiger partial charge in [0.25, 0.3) is 0 Å². The number of hydrogen-bond acceptors (Lipinski definition) is 4. The standard InChI is InChI=1S/C16H34N2O3/c1-6-7-9-20-11-12-21-10-8-18(5)16(19)14-17(4)13-15(2)3/h15H,6-14H2,1-5H3. The first-order chi connectivity index (χ1) is 9.97. The second-order valence-corrected chi connectivity index (χ2v) is 5.98. The Labute approximate surface area is 130 Å². The topological polar surface area (TPSA) is 42.0 Å². The first-order valence-electron chi connectivity index (χ1n) is 8.05. The molecule has 0 fully saturated rings. The Morgan fingerprint density at radius 1 is 1.05 bits per heavy atom. The molecule has 0 aromatic carbocycles. The molecule has 0 aliphatic rings. The molecule has 0 rings (SSSR count). The summed E-state index contributed by atoms with van der Waals surface area (Å²) in [4.78, 5) is 15.8. The average Bonchev–Trinajstić information content (AvgIpc) is 2.40. The van der Waals surface area contributed by atoms with E-state index < -0.39 is 0 Å². The van der Waals surface area contributed by atoms with Crippen molar-refractivity contribution in [2.45, 2.75) is 33.6 Å². The fourth-order valence-electron chi connectivity index (χ4n) is 1.93. The Balaban J connectivity index is 3.55. The molecule has 0 bridgehead atoms. The molecular weight excluding hydrogens is 268 g/mol. The van der Waals surface area contributed by atoms with Crippen LogP contribution in [0.15, 0.2) is 0 Å². The van der Waals surface area contributed by atoms with E-state index >= 15 is 0 Å². The average molecular weight is 302 g/mol. The van der Waals surface area contributed by atoms with Gasteiger partial charge in [0.15, 0.2) is 0 Å². The largest absolute Gasteiger partial charge is 0.379 e. The van der Waals surface area contributed by atoms with Gasteiger partial charge in [-0.2, -0.15) is 0 Å². The van der Waals surface area contributed by atoms with E-state index in [1.165, 1.54) is 0 Å². The van der Waals surface area contributed by atoms with Gasteiger partial charge in [0.05, 0.1) is 26.4 Å². The van der Waals surface area contributed by atoms with Gasteiger partial charge in [-0.15, -0.1) is 0 Å². The highest BCUT2D eigenvalue weighted by atomic mass is 16.5. The molecule has 126 valence electrons. The Morgan fingerprint density at radius 2 is 1.67 bits per heavy atom. The van der Waals surface area contributed by atoms with E-state index in [9.17, 15) is 4.79 Å². The molecule has 21 heavy (non-hydrogen) atoms. The van der Waals surface area contributed by atoms with E-state index in [4.69, 9.17) is 9.47 Å². The number of nitrogens with zero attached hydrogens (tertiary/aromatic N) is 2. The molecule has 5 nitrogen and oxygen atoms in total. The smallest absolute Gasteiger partial charge is 0.236 e. The van der Waals surface area contributed by atoms with Crippen LogP contribution in [0.2, 0.25) is 0 Å². The minimum absolute atomic E-state index is 0.140. The van der Waals surface area contributed by atoms with Crippen molar-refractivity contribution in [3.05, 3.63) is 0 Å². The van der Waals surface area contributed by atoms with E-state index in [1.54, 1.807) is 4.90 Å². The van der Waals surface area contributed by atoms with Crippen LogP contribution in [-0.2, 0) is 14.3 Å². The number of carbonyl (C=O) groups excluding carboxylic acids is 1. The van der Waals surface area contributed by atoms with Crippen molar-refractivity contribution in [1.29, 1.82) is 0 Å². The van der Waals surface area contributed by atoms with E-state index in [1.807, 2.05) is 14.1 Å². The van der Waals surface area contributed by atoms with Gasteiger partial charge < -0.3 is 14.4 Å². The van der Waals surface area contributed by atoms with Crippen molar-refractivity contribution in [2.75, 3.05) is 60.2 Å². The first-order valence-corrected chi connectivity index (χ1v) is 8.05. The van der Waals surface area contributed by atoms with Crippen molar-refractivity contribution < 1.29 is 14.3 Å². The number of likely N-dealkylation sites (N-methyl/N-ethyl adjacent to an activating group) is 2. The van der Waals surface area contributed by atoms with Crippen molar-refractivity contribution >= 4 is 5.91 Å². The van der Waals surface area contributed by atoms with Gasteiger partial charge in [-0.25, -0.2) is 0 Å². The summed E-state index contributed by atoms with van der Waals surface area (Å²) in [5.74, 6) is 0.713. The lowest BCUT2D eigenvalue weighted by atomic mass is 10.2. The summed E-state index contributed by atoms with van der Waals surface area (Å²) in [7, 11) is 3.81. The summed E-state index contributed by atoms with van der Waals surface area (Å²) in [5, 5.41) is 0. The fourth-order valence-corrected chi connectivity index (χ4v) is 1.93. The molecule has 0 radical (unpaired) electrons. The molecule has 0 aliphatic heterocycles. The van der Waals surface area contributed by atoms with Crippen LogP contribution in [0.1, 0.15) is 33.6 Å². The zero-order chi connectivity index (χ0) is 16.1. The highest BCUT2D eigenvalue weighted by molar-refractivity contribution is 5.77. The molecule has 0 atom stereocenters. The zero-order valence-electron chi connectivity index (χ0n) is 14.6. The van der Waals surface area contributed by atoms with Crippen molar-refractivity contribution in [3.8, 4) is 0 Å². The third-order valence-corrected chi connectivity index (χ3v) is 3.09. The van der Waals surface area contributed by atoms with E-state index in [-0.39, 0.29) is 5.91 Å². The summed E-state index contributed by atoms with van der Waals surface area (Å²) in [5.41, 5.74) is 0. The minimum atomic E-state index is 0.140. The summed E-state index contributed by atoms with van der Waals surface area (Å²) >= 11 is 0. The molecule has 0 N–H and O–H groups in total. The van der Waals surface area contributed by atoms with Gasteiger partial charge in [0, 0.05) is 26.7 Å². The lowest BCUT2D eigenvalue weighted by Gasteiger charge is -2.23. The van der Waals surface area contributed by atoms with Gasteiger partial charge in [0.1, 0.15) is 0 Å². The monoisotopic (exact) mass is 302 g/mol. The van der Waals surface area contributed by atoms with Crippen molar-refractivity contribution in [3.63, 3.8) is 0 Å². The summed E-state index contributed by atoms with van der Waals surface area (Å²) < 4.78 is 10.9. The molecule has 0 aliphatic carbocycles. The number of carbonyl (C=O) groups is 1. The molecular formula is C16H34N2O3. The van der Waals surface area contributed by atoms with Gasteiger partial charge >= 0.3 is 0 Å². The second-order valence-electron chi connectivity index (χ2n) is 5.98. The number of ether oxygens (including phenoxy) is 2.